The molecule has 0 spiro atoms. The highest BCUT2D eigenvalue weighted by Crippen LogP contribution is 2.40. The van der Waals surface area contributed by atoms with Gasteiger partial charge in [0.1, 0.15) is 10.8 Å². The van der Waals surface area contributed by atoms with Crippen molar-refractivity contribution in [3.63, 3.8) is 0 Å². The third-order valence-electron chi connectivity index (χ3n) is 3.25. The van der Waals surface area contributed by atoms with Gasteiger partial charge in [0.05, 0.1) is 0 Å². The van der Waals surface area contributed by atoms with Crippen LogP contribution in [0.25, 0.3) is 0 Å². The van der Waals surface area contributed by atoms with E-state index < -0.39 is 5.82 Å². The predicted molar refractivity (Wildman–Crippen MR) is 88.8 cm³/mol. The zero-order chi connectivity index (χ0) is 14.3. The van der Waals surface area contributed by atoms with Gasteiger partial charge < -0.3 is 5.73 Å². The van der Waals surface area contributed by atoms with E-state index in [1.165, 1.54) is 23.5 Å². The Morgan fingerprint density at radius 2 is 2.09 bits per heavy atom. The first kappa shape index (κ1) is 18.8. The molecule has 2 aromatic rings. The fourth-order valence-electron chi connectivity index (χ4n) is 2.13. The number of carbonyl (C=O) groups excluding carboxylic acids is 1. The van der Waals surface area contributed by atoms with Crippen LogP contribution in [0, 0.1) is 12.7 Å². The molecule has 1 saturated carbocycles. The van der Waals surface area contributed by atoms with Gasteiger partial charge in [-0.3, -0.25) is 10.1 Å². The van der Waals surface area contributed by atoms with Crippen molar-refractivity contribution >= 4 is 47.2 Å². The Bertz CT molecular complexity index is 682. The molecule has 1 aliphatic carbocycles. The summed E-state index contributed by atoms with van der Waals surface area (Å²) in [4.78, 5) is 12.3. The first-order chi connectivity index (χ1) is 9.54. The van der Waals surface area contributed by atoms with E-state index >= 15 is 0 Å². The van der Waals surface area contributed by atoms with Gasteiger partial charge in [0.2, 0.25) is 5.13 Å². The number of anilines is 1. The molecule has 0 aliphatic heterocycles. The Balaban J connectivity index is 0.00000121. The number of benzene rings is 1. The first-order valence-electron chi connectivity index (χ1n) is 6.21. The van der Waals surface area contributed by atoms with Gasteiger partial charge in [0, 0.05) is 17.5 Å². The first-order valence-corrected chi connectivity index (χ1v) is 7.02. The number of carbonyl (C=O) groups is 1. The number of hydrogen-bond acceptors (Lipinski definition) is 5. The zero-order valence-corrected chi connectivity index (χ0v) is 14.0. The molecule has 1 heterocycles. The Morgan fingerprint density at radius 3 is 2.64 bits per heavy atom. The summed E-state index contributed by atoms with van der Waals surface area (Å²) in [5, 5.41) is 11.5. The van der Waals surface area contributed by atoms with Crippen LogP contribution in [0.4, 0.5) is 9.52 Å². The van der Waals surface area contributed by atoms with Gasteiger partial charge >= 0.3 is 0 Å². The van der Waals surface area contributed by atoms with E-state index in [0.717, 1.165) is 17.0 Å². The molecule has 3 rings (SSSR count). The van der Waals surface area contributed by atoms with Crippen LogP contribution >= 0.6 is 36.2 Å². The quantitative estimate of drug-likeness (QED) is 0.877. The number of nitrogens with two attached hydrogens (primary N) is 1. The van der Waals surface area contributed by atoms with E-state index in [4.69, 9.17) is 5.73 Å². The monoisotopic (exact) mass is 364 g/mol. The molecule has 0 saturated heterocycles. The molecule has 5 nitrogen and oxygen atoms in total. The fraction of sp³-hybridized carbons (Fsp3) is 0.308. The highest BCUT2D eigenvalue weighted by atomic mass is 35.5. The van der Waals surface area contributed by atoms with Crippen molar-refractivity contribution in [1.29, 1.82) is 0 Å². The lowest BCUT2D eigenvalue weighted by atomic mass is 10.0. The van der Waals surface area contributed by atoms with Gasteiger partial charge in [0.15, 0.2) is 0 Å². The normalized spacial score (nSPS) is 18.9. The summed E-state index contributed by atoms with van der Waals surface area (Å²) in [6.07, 6.45) is 0.823. The predicted octanol–water partition coefficient (Wildman–Crippen LogP) is 2.90. The number of hydrogen-bond donors (Lipinski definition) is 2. The molecule has 1 fully saturated rings. The third-order valence-corrected chi connectivity index (χ3v) is 4.00. The molecule has 0 unspecified atom stereocenters. The molecule has 0 bridgehead atoms. The van der Waals surface area contributed by atoms with Crippen molar-refractivity contribution in [2.24, 2.45) is 5.73 Å². The van der Waals surface area contributed by atoms with Crippen molar-refractivity contribution in [3.8, 4) is 0 Å². The van der Waals surface area contributed by atoms with Crippen molar-refractivity contribution < 1.29 is 9.18 Å². The van der Waals surface area contributed by atoms with Crippen LogP contribution in [0.5, 0.6) is 0 Å². The fourth-order valence-corrected chi connectivity index (χ4v) is 2.72. The maximum atomic E-state index is 13.4. The van der Waals surface area contributed by atoms with Gasteiger partial charge in [-0.2, -0.15) is 0 Å². The Morgan fingerprint density at radius 1 is 1.41 bits per heavy atom. The van der Waals surface area contributed by atoms with Crippen LogP contribution in [0.1, 0.15) is 33.3 Å². The summed E-state index contributed by atoms with van der Waals surface area (Å²) in [6.45, 7) is 1.80. The zero-order valence-electron chi connectivity index (χ0n) is 11.6. The molecule has 22 heavy (non-hydrogen) atoms. The van der Waals surface area contributed by atoms with Crippen LogP contribution in [-0.4, -0.2) is 22.1 Å². The van der Waals surface area contributed by atoms with Crippen LogP contribution in [0.2, 0.25) is 0 Å². The van der Waals surface area contributed by atoms with Gasteiger partial charge in [-0.05, 0) is 31.0 Å². The molecular weight excluding hydrogens is 350 g/mol. The van der Waals surface area contributed by atoms with E-state index in [1.54, 1.807) is 13.0 Å². The molecule has 120 valence electrons. The largest absolute Gasteiger partial charge is 0.327 e. The molecule has 1 aliphatic rings. The van der Waals surface area contributed by atoms with E-state index in [1.807, 2.05) is 0 Å². The Labute approximate surface area is 143 Å². The SMILES string of the molecule is Cc1nnc(NC(=O)c2cc(F)ccc2[C@@H]2C[C@H]2N)s1.Cl.Cl. The van der Waals surface area contributed by atoms with Gasteiger partial charge in [-0.1, -0.05) is 17.4 Å². The van der Waals surface area contributed by atoms with E-state index in [0.29, 0.717) is 10.7 Å². The summed E-state index contributed by atoms with van der Waals surface area (Å²) in [5.41, 5.74) is 6.92. The van der Waals surface area contributed by atoms with Crippen molar-refractivity contribution in [2.75, 3.05) is 5.32 Å². The number of aryl methyl sites for hydroxylation is 1. The number of halogens is 3. The molecule has 1 aromatic heterocycles. The number of aromatic nitrogens is 2. The molecule has 1 aromatic carbocycles. The maximum absolute atomic E-state index is 13.4. The van der Waals surface area contributed by atoms with Crippen LogP contribution in [0.3, 0.4) is 0 Å². The standard InChI is InChI=1S/C13H13FN4OS.2ClH/c1-6-17-18-13(20-6)16-12(19)10-4-7(14)2-3-8(10)9-5-11(9)15;;/h2-4,9,11H,5,15H2,1H3,(H,16,18,19);2*1H/t9-,11+;;/m0../s1. The highest BCUT2D eigenvalue weighted by Gasteiger charge is 2.37. The minimum absolute atomic E-state index is 0. The highest BCUT2D eigenvalue weighted by molar-refractivity contribution is 7.15. The molecular formula is C13H15Cl2FN4OS. The lowest BCUT2D eigenvalue weighted by Gasteiger charge is -2.08. The average molecular weight is 365 g/mol. The molecule has 0 radical (unpaired) electrons. The van der Waals surface area contributed by atoms with Crippen molar-refractivity contribution in [2.45, 2.75) is 25.3 Å². The van der Waals surface area contributed by atoms with Gasteiger partial charge in [-0.15, -0.1) is 35.0 Å². The second-order valence-corrected chi connectivity index (χ2v) is 6.00. The summed E-state index contributed by atoms with van der Waals surface area (Å²) in [6, 6.07) is 4.28. The third kappa shape index (κ3) is 3.92. The van der Waals surface area contributed by atoms with E-state index in [2.05, 4.69) is 15.5 Å². The van der Waals surface area contributed by atoms with Gasteiger partial charge in [0.25, 0.3) is 5.91 Å². The van der Waals surface area contributed by atoms with Crippen molar-refractivity contribution in [3.05, 3.63) is 40.2 Å². The van der Waals surface area contributed by atoms with Gasteiger partial charge in [-0.25, -0.2) is 4.39 Å². The Kier molecular flexibility index (Phi) is 6.25. The smallest absolute Gasteiger partial charge is 0.257 e. The minimum Gasteiger partial charge on any atom is -0.327 e. The molecule has 3 N–H and O–H groups in total. The Hall–Kier alpha value is -1.28. The lowest BCUT2D eigenvalue weighted by Crippen LogP contribution is -2.15. The number of nitrogens with zero attached hydrogens (tertiary/aromatic N) is 2. The van der Waals surface area contributed by atoms with Crippen molar-refractivity contribution in [1.82, 2.24) is 10.2 Å². The summed E-state index contributed by atoms with van der Waals surface area (Å²) >= 11 is 1.27. The second-order valence-electron chi connectivity index (χ2n) is 4.82. The van der Waals surface area contributed by atoms with Crippen LogP contribution in [0.15, 0.2) is 18.2 Å². The van der Waals surface area contributed by atoms with E-state index in [-0.39, 0.29) is 42.7 Å². The molecule has 9 heteroatoms. The average Bonchev–Trinajstić information content (AvgIpc) is 2.98. The van der Waals surface area contributed by atoms with Crippen LogP contribution in [-0.2, 0) is 0 Å². The topological polar surface area (TPSA) is 80.9 Å². The molecule has 2 atom stereocenters. The van der Waals surface area contributed by atoms with Crippen LogP contribution < -0.4 is 11.1 Å². The number of amides is 1. The second kappa shape index (κ2) is 7.32. The lowest BCUT2D eigenvalue weighted by molar-refractivity contribution is 0.102. The summed E-state index contributed by atoms with van der Waals surface area (Å²) in [5.74, 6) is -0.691. The minimum atomic E-state index is -0.443. The maximum Gasteiger partial charge on any atom is 0.257 e. The molecule has 1 amide bonds. The summed E-state index contributed by atoms with van der Waals surface area (Å²) in [7, 11) is 0. The van der Waals surface area contributed by atoms with E-state index in [9.17, 15) is 9.18 Å². The number of nitrogens with one attached hydrogen (secondary N) is 1. The summed E-state index contributed by atoms with van der Waals surface area (Å²) < 4.78 is 13.4. The number of rotatable bonds is 3.